The minimum absolute atomic E-state index is 0. The van der Waals surface area contributed by atoms with E-state index < -0.39 is 143 Å². The fraction of sp³-hybridized carbons (Fsp3) is 0.893. The molecule has 53 heteroatoms. The zero-order chi connectivity index (χ0) is 67.4. The molecule has 0 aliphatic rings. The van der Waals surface area contributed by atoms with Gasteiger partial charge >= 0.3 is 147 Å². The van der Waals surface area contributed by atoms with Crippen LogP contribution in [0, 0.1) is 0 Å². The molecule has 0 saturated heterocycles. The summed E-state index contributed by atoms with van der Waals surface area (Å²) in [5.41, 5.74) is 0. The fourth-order valence-electron chi connectivity index (χ4n) is 3.43. The van der Waals surface area contributed by atoms with Gasteiger partial charge in [-0.3, -0.25) is 0 Å². The molecule has 482 valence electrons. The Morgan fingerprint density at radius 2 is 0.358 bits per heavy atom. The standard InChI is InChI=1S/3C8HF15O2.C4H9O.Ti/c3*9-2(10,1(24)25)3(11,12)4(13,14)5(15,16)6(17,18)7(19,20)8(21,22)23;1-2-3-4-5;/h3*(H,24,25);2-4H2,1H3;/q;;;-1;+4/p-3. The third-order valence-electron chi connectivity index (χ3n) is 8.25. The van der Waals surface area contributed by atoms with Crippen molar-refractivity contribution in [3.63, 3.8) is 0 Å². The van der Waals surface area contributed by atoms with Crippen molar-refractivity contribution >= 4 is 17.9 Å². The summed E-state index contributed by atoms with van der Waals surface area (Å²) in [5.74, 6) is -160. The van der Waals surface area contributed by atoms with E-state index >= 15 is 0 Å². The van der Waals surface area contributed by atoms with Crippen LogP contribution >= 0.6 is 0 Å². The van der Waals surface area contributed by atoms with Crippen molar-refractivity contribution in [2.45, 2.75) is 145 Å². The Bertz CT molecular complexity index is 1890. The SMILES string of the molecule is CCCC[O-].O=C([O-])C(F)(F)C(F)(F)C(F)(F)C(F)(F)C(F)(F)C(F)(F)C(F)(F)F.O=C([O-])C(F)(F)C(F)(F)C(F)(F)C(F)(F)C(F)(F)C(F)(F)C(F)(F)F.O=C([O-])C(F)(F)C(F)(F)C(F)(F)C(F)(F)C(F)(F)C(F)(F)C(F)(F)F.[Ti+4]. The Morgan fingerprint density at radius 1 is 0.247 bits per heavy atom. The van der Waals surface area contributed by atoms with E-state index in [-0.39, 0.29) is 28.3 Å². The van der Waals surface area contributed by atoms with Crippen LogP contribution in [0.4, 0.5) is 198 Å². The molecule has 0 aliphatic carbocycles. The van der Waals surface area contributed by atoms with E-state index in [1.54, 1.807) is 0 Å². The molecule has 0 unspecified atom stereocenters. The molecule has 0 spiro atoms. The molecule has 0 saturated carbocycles. The number of hydrogen-bond acceptors (Lipinski definition) is 7. The molecule has 0 N–H and O–H groups in total. The summed E-state index contributed by atoms with van der Waals surface area (Å²) in [6, 6.07) is 0. The minimum atomic E-state index is -8.50. The Hall–Kier alpha value is -4.07. The van der Waals surface area contributed by atoms with Gasteiger partial charge in [0.1, 0.15) is 17.9 Å². The van der Waals surface area contributed by atoms with Crippen molar-refractivity contribution in [3.8, 4) is 0 Å². The van der Waals surface area contributed by atoms with Crippen LogP contribution in [0.3, 0.4) is 0 Å². The van der Waals surface area contributed by atoms with Crippen LogP contribution in [0.25, 0.3) is 0 Å². The fourth-order valence-corrected chi connectivity index (χ4v) is 3.43. The van der Waals surface area contributed by atoms with Gasteiger partial charge in [-0.2, -0.15) is 198 Å². The van der Waals surface area contributed by atoms with Gasteiger partial charge in [0.25, 0.3) is 0 Å². The number of aliphatic carboxylic acids is 3. The molecule has 0 amide bonds. The van der Waals surface area contributed by atoms with Gasteiger partial charge < -0.3 is 34.8 Å². The predicted molar refractivity (Wildman–Crippen MR) is 142 cm³/mol. The molecule has 0 aromatic carbocycles. The van der Waals surface area contributed by atoms with Gasteiger partial charge in [0, 0.05) is 0 Å². The third-order valence-corrected chi connectivity index (χ3v) is 8.25. The zero-order valence-corrected chi connectivity index (χ0v) is 37.0. The van der Waals surface area contributed by atoms with Gasteiger partial charge in [0.2, 0.25) is 0 Å². The number of carbonyl (C=O) groups is 3. The van der Waals surface area contributed by atoms with Gasteiger partial charge in [-0.25, -0.2) is 0 Å². The van der Waals surface area contributed by atoms with Crippen LogP contribution < -0.4 is 20.4 Å². The van der Waals surface area contributed by atoms with Crippen molar-refractivity contribution < 1.29 is 254 Å². The van der Waals surface area contributed by atoms with E-state index in [0.717, 1.165) is 12.8 Å². The van der Waals surface area contributed by atoms with E-state index in [4.69, 9.17) is 0 Å². The number of alkyl halides is 45. The third kappa shape index (κ3) is 13.1. The number of carboxylic acids is 3. The largest absolute Gasteiger partial charge is 4.00 e. The van der Waals surface area contributed by atoms with Crippen molar-refractivity contribution in [2.24, 2.45) is 0 Å². The van der Waals surface area contributed by atoms with Gasteiger partial charge in [0.15, 0.2) is 0 Å². The van der Waals surface area contributed by atoms with E-state index in [0.29, 0.717) is 0 Å². The second kappa shape index (κ2) is 23.8. The summed E-state index contributed by atoms with van der Waals surface area (Å²) >= 11 is 0. The molecule has 0 radical (unpaired) electrons. The second-order valence-corrected chi connectivity index (χ2v) is 13.8. The van der Waals surface area contributed by atoms with E-state index in [2.05, 4.69) is 0 Å². The Morgan fingerprint density at radius 3 is 0.432 bits per heavy atom. The monoisotopic (exact) mass is 1360 g/mol. The van der Waals surface area contributed by atoms with Gasteiger partial charge in [-0.1, -0.05) is 19.8 Å². The molecule has 81 heavy (non-hydrogen) atoms. The van der Waals surface area contributed by atoms with Crippen LogP contribution in [-0.2, 0) is 36.1 Å². The molecular weight excluding hydrogens is 1350 g/mol. The number of carbonyl (C=O) groups excluding carboxylic acids is 3. The molecule has 0 rings (SSSR count). The molecule has 0 aromatic rings. The maximum Gasteiger partial charge on any atom is 4.00 e. The van der Waals surface area contributed by atoms with Crippen LogP contribution in [0.5, 0.6) is 0 Å². The smallest absolute Gasteiger partial charge is 0.854 e. The summed E-state index contributed by atoms with van der Waals surface area (Å²) < 4.78 is 559. The number of halogens is 45. The molecule has 0 atom stereocenters. The zero-order valence-electron chi connectivity index (χ0n) is 35.5. The van der Waals surface area contributed by atoms with E-state index in [9.17, 15) is 232 Å². The van der Waals surface area contributed by atoms with Crippen molar-refractivity contribution in [2.75, 3.05) is 6.61 Å². The molecule has 0 heterocycles. The van der Waals surface area contributed by atoms with Crippen LogP contribution in [0.2, 0.25) is 0 Å². The maximum atomic E-state index is 12.8. The van der Waals surface area contributed by atoms with Crippen molar-refractivity contribution in [3.05, 3.63) is 0 Å². The summed E-state index contributed by atoms with van der Waals surface area (Å²) in [6.07, 6.45) is -21.3. The summed E-state index contributed by atoms with van der Waals surface area (Å²) in [5, 5.41) is 38.4. The second-order valence-electron chi connectivity index (χ2n) is 13.8. The summed E-state index contributed by atoms with van der Waals surface area (Å²) in [7, 11) is 0. The minimum Gasteiger partial charge on any atom is -0.854 e. The first kappa shape index (κ1) is 85.7. The van der Waals surface area contributed by atoms with Crippen LogP contribution in [0.1, 0.15) is 19.8 Å². The topological polar surface area (TPSA) is 143 Å². The molecule has 7 nitrogen and oxygen atoms in total. The molecule has 0 bridgehead atoms. The van der Waals surface area contributed by atoms with Gasteiger partial charge in [-0.15, -0.1) is 6.61 Å². The maximum absolute atomic E-state index is 12.8. The van der Waals surface area contributed by atoms with Gasteiger partial charge in [0.05, 0.1) is 0 Å². The number of carboxylic acid groups (broad SMARTS) is 3. The molecule has 0 aliphatic heterocycles. The molecule has 0 fully saturated rings. The first-order chi connectivity index (χ1) is 33.7. The Kier molecular flexibility index (Phi) is 25.2. The van der Waals surface area contributed by atoms with Gasteiger partial charge in [-0.05, 0) is 0 Å². The molecular formula is C28H9F45O7Ti. The Labute approximate surface area is 424 Å². The Balaban J connectivity index is -0.000000339. The van der Waals surface area contributed by atoms with Crippen LogP contribution in [0.15, 0.2) is 0 Å². The summed E-state index contributed by atoms with van der Waals surface area (Å²) in [4.78, 5) is 28.8. The first-order valence-electron chi connectivity index (χ1n) is 17.0. The first-order valence-corrected chi connectivity index (χ1v) is 17.0. The average molecular weight is 1360 g/mol. The average Bonchev–Trinajstić information content (AvgIpc) is 3.22. The summed E-state index contributed by atoms with van der Waals surface area (Å²) in [6.45, 7) is 2.11. The van der Waals surface area contributed by atoms with E-state index in [1.165, 1.54) is 0 Å². The predicted octanol–water partition coefficient (Wildman–Crippen LogP) is 9.48. The van der Waals surface area contributed by atoms with E-state index in [1.807, 2.05) is 6.92 Å². The van der Waals surface area contributed by atoms with Crippen LogP contribution in [-0.4, -0.2) is 150 Å². The normalized spacial score (nSPS) is 15.4. The quantitative estimate of drug-likeness (QED) is 0.0873. The number of rotatable bonds is 20. The van der Waals surface area contributed by atoms with Crippen molar-refractivity contribution in [1.82, 2.24) is 0 Å². The number of unbranched alkanes of at least 4 members (excludes halogenated alkanes) is 1. The molecule has 0 aromatic heterocycles. The number of hydrogen-bond donors (Lipinski definition) is 0. The van der Waals surface area contributed by atoms with Crippen molar-refractivity contribution in [1.29, 1.82) is 0 Å².